The molecule has 0 bridgehead atoms. The molecule has 290 valence electrons. The minimum absolute atomic E-state index is 0.0307. The van der Waals surface area contributed by atoms with E-state index in [0.717, 1.165) is 0 Å². The van der Waals surface area contributed by atoms with Crippen LogP contribution in [0.3, 0.4) is 0 Å². The van der Waals surface area contributed by atoms with Gasteiger partial charge in [0, 0.05) is 18.8 Å². The maximum atomic E-state index is 13.5. The second-order valence-corrected chi connectivity index (χ2v) is 16.1. The quantitative estimate of drug-likeness (QED) is 0.0838. The lowest BCUT2D eigenvalue weighted by Crippen LogP contribution is -2.59. The monoisotopic (exact) mass is 712 g/mol. The van der Waals surface area contributed by atoms with Crippen molar-refractivity contribution in [1.29, 1.82) is 0 Å². The lowest BCUT2D eigenvalue weighted by molar-refractivity contribution is -0.134. The van der Waals surface area contributed by atoms with Crippen LogP contribution in [0.5, 0.6) is 0 Å². The van der Waals surface area contributed by atoms with E-state index in [2.05, 4.69) is 26.6 Å². The van der Waals surface area contributed by atoms with Crippen LogP contribution in [0, 0.1) is 35.5 Å². The van der Waals surface area contributed by atoms with Crippen LogP contribution in [-0.2, 0) is 28.8 Å². The van der Waals surface area contributed by atoms with Gasteiger partial charge in [0.05, 0.1) is 30.7 Å². The zero-order valence-corrected chi connectivity index (χ0v) is 32.9. The van der Waals surface area contributed by atoms with Crippen molar-refractivity contribution in [3.8, 4) is 0 Å². The summed E-state index contributed by atoms with van der Waals surface area (Å²) in [5, 5.41) is 35.6. The fourth-order valence-electron chi connectivity index (χ4n) is 5.42. The van der Waals surface area contributed by atoms with Crippen molar-refractivity contribution >= 4 is 35.3 Å². The predicted molar refractivity (Wildman–Crippen MR) is 194 cm³/mol. The Morgan fingerprint density at radius 3 is 1.28 bits per heavy atom. The summed E-state index contributed by atoms with van der Waals surface area (Å²) < 4.78 is 0. The summed E-state index contributed by atoms with van der Waals surface area (Å²) in [6, 6.07) is -4.36. The number of ketones is 1. The highest BCUT2D eigenvalue weighted by Crippen LogP contribution is 2.16. The number of carbonyl (C=O) groups is 6. The van der Waals surface area contributed by atoms with Crippen LogP contribution in [0.1, 0.15) is 122 Å². The predicted octanol–water partition coefficient (Wildman–Crippen LogP) is 2.61. The summed E-state index contributed by atoms with van der Waals surface area (Å²) in [7, 11) is 0. The summed E-state index contributed by atoms with van der Waals surface area (Å²) in [6.45, 7) is 23.6. The molecule has 13 nitrogen and oxygen atoms in total. The van der Waals surface area contributed by atoms with Gasteiger partial charge in [0.15, 0.2) is 0 Å². The number of nitrogens with one attached hydrogen (secondary N) is 5. The molecular weight excluding hydrogens is 642 g/mol. The van der Waals surface area contributed by atoms with Crippen molar-refractivity contribution in [2.45, 2.75) is 165 Å². The van der Waals surface area contributed by atoms with Crippen LogP contribution in [0.2, 0.25) is 0 Å². The second-order valence-electron chi connectivity index (χ2n) is 16.1. The molecule has 0 fully saturated rings. The van der Waals surface area contributed by atoms with Crippen molar-refractivity contribution in [3.05, 3.63) is 0 Å². The van der Waals surface area contributed by atoms with E-state index in [0.29, 0.717) is 12.8 Å². The fraction of sp³-hybridized carbons (Fsp3) is 0.838. The van der Waals surface area contributed by atoms with Crippen molar-refractivity contribution in [2.75, 3.05) is 0 Å². The first-order valence-electron chi connectivity index (χ1n) is 18.3. The molecule has 0 spiro atoms. The van der Waals surface area contributed by atoms with Gasteiger partial charge in [-0.15, -0.1) is 0 Å². The van der Waals surface area contributed by atoms with E-state index in [1.54, 1.807) is 41.5 Å². The molecule has 0 heterocycles. The average molecular weight is 712 g/mol. The maximum absolute atomic E-state index is 13.5. The first-order valence-corrected chi connectivity index (χ1v) is 18.3. The van der Waals surface area contributed by atoms with Gasteiger partial charge in [-0.1, -0.05) is 83.1 Å². The first kappa shape index (κ1) is 46.9. The minimum Gasteiger partial charge on any atom is -0.391 e. The number of rotatable bonds is 23. The molecular formula is C37H69N5O8. The Bertz CT molecular complexity index is 1110. The third-order valence-corrected chi connectivity index (χ3v) is 8.36. The smallest absolute Gasteiger partial charge is 0.243 e. The molecule has 0 aliphatic rings. The third-order valence-electron chi connectivity index (χ3n) is 8.36. The zero-order chi connectivity index (χ0) is 39.0. The molecule has 0 aliphatic heterocycles. The lowest BCUT2D eigenvalue weighted by atomic mass is 9.93. The first-order chi connectivity index (χ1) is 23.0. The topological polar surface area (TPSA) is 203 Å². The average Bonchev–Trinajstić information content (AvgIpc) is 2.96. The summed E-state index contributed by atoms with van der Waals surface area (Å²) >= 11 is 0. The van der Waals surface area contributed by atoms with E-state index in [4.69, 9.17) is 0 Å². The molecule has 0 aromatic rings. The number of amides is 5. The van der Waals surface area contributed by atoms with Crippen molar-refractivity contribution in [2.24, 2.45) is 35.5 Å². The molecule has 0 aromatic carbocycles. The van der Waals surface area contributed by atoms with E-state index < -0.39 is 72.5 Å². The Morgan fingerprint density at radius 1 is 0.460 bits per heavy atom. The highest BCUT2D eigenvalue weighted by Gasteiger charge is 2.34. The number of hydrogen-bond acceptors (Lipinski definition) is 8. The number of Topliss-reactive ketones (excluding diaryl/α,β-unsaturated/α-hetero) is 1. The molecule has 0 aromatic heterocycles. The van der Waals surface area contributed by atoms with Gasteiger partial charge in [-0.05, 0) is 49.4 Å². The van der Waals surface area contributed by atoms with Crippen LogP contribution in [0.15, 0.2) is 0 Å². The standard InChI is InChI=1S/C37H69N5O8/c1-19(2)14-26(29(44)17-28(43)22(7)8)39-35(48)25(13)38-32(47)18-30(45)27(15-20(3)4)40-36(49)34(24(11)12)42-37(50)33(23(9)10)41-31(46)16-21(5)6/h19-27,29-30,33-34,44-45H,14-18H2,1-13H3,(H,38,47)(H,39,48)(H,40,49)(H,41,46)(H,42,50)/t25-,26-,27-,29-,30-,33-,34-/m0/s1. The summed E-state index contributed by atoms with van der Waals surface area (Å²) in [4.78, 5) is 77.5. The van der Waals surface area contributed by atoms with Gasteiger partial charge in [-0.2, -0.15) is 0 Å². The van der Waals surface area contributed by atoms with Gasteiger partial charge in [-0.25, -0.2) is 0 Å². The van der Waals surface area contributed by atoms with Crippen LogP contribution < -0.4 is 26.6 Å². The van der Waals surface area contributed by atoms with E-state index >= 15 is 0 Å². The van der Waals surface area contributed by atoms with Gasteiger partial charge in [0.1, 0.15) is 23.9 Å². The molecule has 0 saturated carbocycles. The highest BCUT2D eigenvalue weighted by atomic mass is 16.3. The van der Waals surface area contributed by atoms with Crippen molar-refractivity contribution in [3.63, 3.8) is 0 Å². The Morgan fingerprint density at radius 2 is 0.860 bits per heavy atom. The highest BCUT2D eigenvalue weighted by molar-refractivity contribution is 5.92. The van der Waals surface area contributed by atoms with Gasteiger partial charge in [0.25, 0.3) is 0 Å². The maximum Gasteiger partial charge on any atom is 0.243 e. The molecule has 0 saturated heterocycles. The SMILES string of the molecule is CC(C)CC(=O)N[C@H](C(=O)N[C@H](C(=O)N[C@@H](CC(C)C)[C@@H](O)CC(=O)N[C@@H](C)C(=O)N[C@@H](CC(C)C)[C@@H](O)CC(=O)C(C)C)C(C)C)C(C)C. The molecule has 50 heavy (non-hydrogen) atoms. The minimum atomic E-state index is -1.31. The number of hydrogen-bond donors (Lipinski definition) is 7. The van der Waals surface area contributed by atoms with Crippen LogP contribution in [0.4, 0.5) is 0 Å². The zero-order valence-electron chi connectivity index (χ0n) is 32.9. The van der Waals surface area contributed by atoms with E-state index in [1.165, 1.54) is 6.92 Å². The third kappa shape index (κ3) is 18.3. The van der Waals surface area contributed by atoms with Gasteiger partial charge >= 0.3 is 0 Å². The Labute approximate surface area is 300 Å². The summed E-state index contributed by atoms with van der Waals surface area (Å²) in [6.07, 6.45) is -1.88. The van der Waals surface area contributed by atoms with Gasteiger partial charge in [-0.3, -0.25) is 28.8 Å². The van der Waals surface area contributed by atoms with E-state index in [1.807, 2.05) is 41.5 Å². The van der Waals surface area contributed by atoms with Crippen LogP contribution >= 0.6 is 0 Å². The van der Waals surface area contributed by atoms with Crippen molar-refractivity contribution in [1.82, 2.24) is 26.6 Å². The fourth-order valence-corrected chi connectivity index (χ4v) is 5.42. The van der Waals surface area contributed by atoms with E-state index in [-0.39, 0.29) is 60.0 Å². The van der Waals surface area contributed by atoms with Crippen LogP contribution in [-0.4, -0.2) is 87.9 Å². The van der Waals surface area contributed by atoms with Crippen LogP contribution in [0.25, 0.3) is 0 Å². The Kier molecular flexibility index (Phi) is 21.3. The number of carbonyl (C=O) groups excluding carboxylic acids is 6. The normalized spacial score (nSPS) is 16.1. The largest absolute Gasteiger partial charge is 0.391 e. The molecule has 0 rings (SSSR count). The molecule has 7 N–H and O–H groups in total. The Hall–Kier alpha value is -3.06. The number of aliphatic hydroxyl groups excluding tert-OH is 2. The summed E-state index contributed by atoms with van der Waals surface area (Å²) in [5.41, 5.74) is 0. The molecule has 0 aliphatic carbocycles. The number of aliphatic hydroxyl groups is 2. The lowest BCUT2D eigenvalue weighted by Gasteiger charge is -2.31. The van der Waals surface area contributed by atoms with Gasteiger partial charge < -0.3 is 36.8 Å². The molecule has 0 radical (unpaired) electrons. The van der Waals surface area contributed by atoms with Crippen molar-refractivity contribution < 1.29 is 39.0 Å². The summed E-state index contributed by atoms with van der Waals surface area (Å²) in [5.74, 6) is -3.13. The molecule has 5 amide bonds. The molecule has 0 unspecified atom stereocenters. The van der Waals surface area contributed by atoms with Gasteiger partial charge in [0.2, 0.25) is 29.5 Å². The Balaban J connectivity index is 5.63. The second kappa shape index (κ2) is 22.7. The molecule has 13 heteroatoms. The van der Waals surface area contributed by atoms with E-state index in [9.17, 15) is 39.0 Å². The molecule has 7 atom stereocenters.